The Hall–Kier alpha value is -3.53. The number of halogens is 2. The number of aromatic nitrogens is 3. The Labute approximate surface area is 188 Å². The summed E-state index contributed by atoms with van der Waals surface area (Å²) in [5.74, 6) is -1.36. The lowest BCUT2D eigenvalue weighted by Crippen LogP contribution is -2.43. The van der Waals surface area contributed by atoms with Crippen LogP contribution < -0.4 is 20.5 Å². The first kappa shape index (κ1) is 21.3. The van der Waals surface area contributed by atoms with Crippen LogP contribution in [0.1, 0.15) is 24.1 Å². The molecule has 1 spiro atoms. The second-order valence-corrected chi connectivity index (χ2v) is 8.28. The van der Waals surface area contributed by atoms with E-state index in [1.807, 2.05) is 0 Å². The van der Waals surface area contributed by atoms with Gasteiger partial charge in [0.1, 0.15) is 18.2 Å². The van der Waals surface area contributed by atoms with Crippen molar-refractivity contribution in [2.45, 2.75) is 38.5 Å². The summed E-state index contributed by atoms with van der Waals surface area (Å²) in [5, 5.41) is 3.40. The maximum Gasteiger partial charge on any atom is 0.352 e. The number of hydrogen-bond acceptors (Lipinski definition) is 7. The van der Waals surface area contributed by atoms with Gasteiger partial charge in [-0.15, -0.1) is 0 Å². The number of nitrogens with zero attached hydrogens (tertiary/aromatic N) is 3. The molecule has 2 aromatic heterocycles. The number of nitrogens with one attached hydrogen (secondary N) is 1. The number of rotatable bonds is 5. The second kappa shape index (κ2) is 8.43. The van der Waals surface area contributed by atoms with Crippen LogP contribution in [0.4, 0.5) is 14.6 Å². The van der Waals surface area contributed by atoms with E-state index in [1.165, 1.54) is 6.20 Å². The van der Waals surface area contributed by atoms with Gasteiger partial charge >= 0.3 is 5.69 Å². The van der Waals surface area contributed by atoms with E-state index in [1.54, 1.807) is 29.7 Å². The highest BCUT2D eigenvalue weighted by molar-refractivity contribution is 5.46. The number of anilines is 1. The third kappa shape index (κ3) is 4.38. The standard InChI is InChI=1S/C23H22F2N4O4/c1-14-2-3-16(11-26-14)33-21-17(24)8-15(9-18(21)25)12-32-20-10-19-28-23(4-6-31-7-5-23)13-29(19)22(30)27-20/h2-3,8-11,28H,4-7,12-13H2,1H3. The summed E-state index contributed by atoms with van der Waals surface area (Å²) in [6.45, 7) is 3.40. The normalized spacial score (nSPS) is 16.3. The molecule has 10 heteroatoms. The van der Waals surface area contributed by atoms with E-state index in [9.17, 15) is 13.6 Å². The van der Waals surface area contributed by atoms with Crippen molar-refractivity contribution in [3.05, 3.63) is 69.9 Å². The molecule has 8 nitrogen and oxygen atoms in total. The van der Waals surface area contributed by atoms with Crippen LogP contribution in [0.15, 0.2) is 41.3 Å². The van der Waals surface area contributed by atoms with E-state index in [-0.39, 0.29) is 29.3 Å². The molecule has 0 radical (unpaired) electrons. The summed E-state index contributed by atoms with van der Waals surface area (Å²) < 4.78 is 46.9. The van der Waals surface area contributed by atoms with Gasteiger partial charge in [-0.3, -0.25) is 9.55 Å². The fourth-order valence-electron chi connectivity index (χ4n) is 4.06. The van der Waals surface area contributed by atoms with E-state index in [4.69, 9.17) is 14.2 Å². The first-order valence-electron chi connectivity index (χ1n) is 10.6. The van der Waals surface area contributed by atoms with Gasteiger partial charge in [0.15, 0.2) is 17.4 Å². The Morgan fingerprint density at radius 1 is 1.18 bits per heavy atom. The predicted octanol–water partition coefficient (Wildman–Crippen LogP) is 3.57. The largest absolute Gasteiger partial charge is 0.473 e. The maximum atomic E-state index is 14.5. The molecule has 1 N–H and O–H groups in total. The van der Waals surface area contributed by atoms with Gasteiger partial charge in [-0.2, -0.15) is 4.98 Å². The molecule has 4 heterocycles. The van der Waals surface area contributed by atoms with E-state index in [0.717, 1.165) is 30.7 Å². The zero-order valence-electron chi connectivity index (χ0n) is 17.9. The quantitative estimate of drug-likeness (QED) is 0.628. The average molecular weight is 456 g/mol. The maximum absolute atomic E-state index is 14.5. The summed E-state index contributed by atoms with van der Waals surface area (Å²) >= 11 is 0. The summed E-state index contributed by atoms with van der Waals surface area (Å²) in [4.78, 5) is 20.5. The third-order valence-electron chi connectivity index (χ3n) is 5.84. The monoisotopic (exact) mass is 456 g/mol. The molecule has 0 unspecified atom stereocenters. The molecular formula is C23H22F2N4O4. The Kier molecular flexibility index (Phi) is 5.45. The summed E-state index contributed by atoms with van der Waals surface area (Å²) in [5.41, 5.74) is 0.329. The highest BCUT2D eigenvalue weighted by Crippen LogP contribution is 2.34. The van der Waals surface area contributed by atoms with Crippen LogP contribution in [0.2, 0.25) is 0 Å². The summed E-state index contributed by atoms with van der Waals surface area (Å²) in [6, 6.07) is 7.12. The molecule has 2 aliphatic heterocycles. The molecule has 0 atom stereocenters. The first-order valence-corrected chi connectivity index (χ1v) is 10.6. The van der Waals surface area contributed by atoms with E-state index >= 15 is 0 Å². The summed E-state index contributed by atoms with van der Waals surface area (Å²) in [6.07, 6.45) is 2.97. The third-order valence-corrected chi connectivity index (χ3v) is 5.84. The first-order chi connectivity index (χ1) is 15.9. The topological polar surface area (TPSA) is 87.5 Å². The van der Waals surface area contributed by atoms with E-state index < -0.39 is 23.1 Å². The van der Waals surface area contributed by atoms with Gasteiger partial charge in [-0.25, -0.2) is 13.6 Å². The van der Waals surface area contributed by atoms with Crippen LogP contribution in [-0.4, -0.2) is 33.3 Å². The van der Waals surface area contributed by atoms with Gasteiger partial charge in [0, 0.05) is 25.0 Å². The van der Waals surface area contributed by atoms with Crippen molar-refractivity contribution >= 4 is 5.82 Å². The average Bonchev–Trinajstić information content (AvgIpc) is 3.14. The van der Waals surface area contributed by atoms with Crippen molar-refractivity contribution in [2.75, 3.05) is 18.5 Å². The van der Waals surface area contributed by atoms with Gasteiger partial charge in [0.05, 0.1) is 18.3 Å². The lowest BCUT2D eigenvalue weighted by atomic mass is 9.91. The predicted molar refractivity (Wildman–Crippen MR) is 115 cm³/mol. The van der Waals surface area contributed by atoms with Crippen LogP contribution in [0, 0.1) is 18.6 Å². The van der Waals surface area contributed by atoms with Gasteiger partial charge in [0.25, 0.3) is 0 Å². The minimum atomic E-state index is -0.876. The fourth-order valence-corrected chi connectivity index (χ4v) is 4.06. The molecule has 33 heavy (non-hydrogen) atoms. The number of hydrogen-bond donors (Lipinski definition) is 1. The minimum Gasteiger partial charge on any atom is -0.473 e. The Balaban J connectivity index is 1.29. The molecule has 0 bridgehead atoms. The molecule has 5 rings (SSSR count). The minimum absolute atomic E-state index is 0.0785. The van der Waals surface area contributed by atoms with Crippen molar-refractivity contribution < 1.29 is 23.0 Å². The number of aryl methyl sites for hydroxylation is 1. The highest BCUT2D eigenvalue weighted by atomic mass is 19.1. The highest BCUT2D eigenvalue weighted by Gasteiger charge is 2.39. The van der Waals surface area contributed by atoms with Gasteiger partial charge < -0.3 is 19.5 Å². The van der Waals surface area contributed by atoms with Gasteiger partial charge in [-0.05, 0) is 49.6 Å². The van der Waals surface area contributed by atoms with Crippen LogP contribution in [-0.2, 0) is 17.9 Å². The SMILES string of the molecule is Cc1ccc(Oc2c(F)cc(COc3cc4n(c(=O)n3)CC3(CCOCC3)N4)cc2F)cn1. The van der Waals surface area contributed by atoms with Gasteiger partial charge in [-0.1, -0.05) is 0 Å². The zero-order chi connectivity index (χ0) is 23.0. The summed E-state index contributed by atoms with van der Waals surface area (Å²) in [7, 11) is 0. The van der Waals surface area contributed by atoms with Crippen LogP contribution >= 0.6 is 0 Å². The molecule has 172 valence electrons. The molecular weight excluding hydrogens is 434 g/mol. The Bertz CT molecular complexity index is 1220. The Morgan fingerprint density at radius 3 is 2.64 bits per heavy atom. The Morgan fingerprint density at radius 2 is 1.94 bits per heavy atom. The van der Waals surface area contributed by atoms with Crippen LogP contribution in [0.25, 0.3) is 0 Å². The lowest BCUT2D eigenvalue weighted by molar-refractivity contribution is 0.0587. The molecule has 1 saturated heterocycles. The molecule has 0 amide bonds. The van der Waals surface area contributed by atoms with Crippen molar-refractivity contribution in [1.82, 2.24) is 14.5 Å². The van der Waals surface area contributed by atoms with Gasteiger partial charge in [0.2, 0.25) is 5.88 Å². The number of fused-ring (bicyclic) bond motifs is 1. The van der Waals surface area contributed by atoms with Crippen molar-refractivity contribution in [1.29, 1.82) is 0 Å². The lowest BCUT2D eigenvalue weighted by Gasteiger charge is -2.32. The molecule has 1 fully saturated rings. The number of pyridine rings is 1. The molecule has 0 saturated carbocycles. The smallest absolute Gasteiger partial charge is 0.352 e. The van der Waals surface area contributed by atoms with Crippen molar-refractivity contribution in [3.63, 3.8) is 0 Å². The molecule has 0 aliphatic carbocycles. The van der Waals surface area contributed by atoms with E-state index in [2.05, 4.69) is 15.3 Å². The number of ether oxygens (including phenoxy) is 3. The molecule has 3 aromatic rings. The van der Waals surface area contributed by atoms with Crippen LogP contribution in [0.3, 0.4) is 0 Å². The molecule has 1 aromatic carbocycles. The van der Waals surface area contributed by atoms with Crippen molar-refractivity contribution in [3.8, 4) is 17.4 Å². The molecule has 2 aliphatic rings. The second-order valence-electron chi connectivity index (χ2n) is 8.28. The van der Waals surface area contributed by atoms with Crippen molar-refractivity contribution in [2.24, 2.45) is 0 Å². The fraction of sp³-hybridized carbons (Fsp3) is 0.348. The van der Waals surface area contributed by atoms with E-state index in [0.29, 0.717) is 25.6 Å². The number of benzene rings is 1. The van der Waals surface area contributed by atoms with Crippen LogP contribution in [0.5, 0.6) is 17.4 Å². The zero-order valence-corrected chi connectivity index (χ0v) is 17.9.